The molecule has 6 heteroatoms. The number of rotatable bonds is 8. The summed E-state index contributed by atoms with van der Waals surface area (Å²) in [7, 11) is 1.56. The van der Waals surface area contributed by atoms with Gasteiger partial charge in [0, 0.05) is 6.07 Å². The molecule has 150 valence electrons. The second-order valence-electron chi connectivity index (χ2n) is 7.55. The summed E-state index contributed by atoms with van der Waals surface area (Å²) in [6, 6.07) is 4.81. The lowest BCUT2D eigenvalue weighted by Crippen LogP contribution is -2.17. The molecule has 0 saturated carbocycles. The van der Waals surface area contributed by atoms with Crippen LogP contribution in [0.3, 0.4) is 0 Å². The van der Waals surface area contributed by atoms with Crippen LogP contribution in [0.1, 0.15) is 40.0 Å². The van der Waals surface area contributed by atoms with Crippen molar-refractivity contribution in [3.05, 3.63) is 46.5 Å². The Morgan fingerprint density at radius 1 is 1.18 bits per heavy atom. The molecule has 2 heterocycles. The third-order valence-corrected chi connectivity index (χ3v) is 4.62. The Morgan fingerprint density at radius 2 is 1.93 bits per heavy atom. The van der Waals surface area contributed by atoms with Crippen LogP contribution >= 0.6 is 0 Å². The molecule has 1 aromatic carbocycles. The molecule has 0 aliphatic rings. The number of methoxy groups -OCH3 is 1. The van der Waals surface area contributed by atoms with Crippen molar-refractivity contribution in [3.8, 4) is 11.5 Å². The molecule has 0 amide bonds. The smallest absolute Gasteiger partial charge is 0.336 e. The first kappa shape index (κ1) is 20.0. The molecule has 1 N–H and O–H groups in total. The molecule has 3 aromatic rings. The predicted molar refractivity (Wildman–Crippen MR) is 108 cm³/mol. The van der Waals surface area contributed by atoms with Crippen LogP contribution < -0.4 is 15.1 Å². The third kappa shape index (κ3) is 4.39. The van der Waals surface area contributed by atoms with E-state index in [2.05, 4.69) is 0 Å². The molecule has 0 unspecified atom stereocenters. The second kappa shape index (κ2) is 8.10. The monoisotopic (exact) mass is 386 g/mol. The van der Waals surface area contributed by atoms with Gasteiger partial charge in [-0.2, -0.15) is 0 Å². The van der Waals surface area contributed by atoms with Crippen molar-refractivity contribution < 1.29 is 23.4 Å². The van der Waals surface area contributed by atoms with Gasteiger partial charge in [-0.05, 0) is 58.2 Å². The Morgan fingerprint density at radius 3 is 2.64 bits per heavy atom. The standard InChI is InChI=1S/C22H26O6/c1-14(6-5-11-22(2,3)24)9-12-27-21-19-16(10-13-26-19)18(25-4)15-7-8-17(23)28-20(15)21/h7-10,13,24H,5-6,11-12H2,1-4H3/b14-9+. The fourth-order valence-corrected chi connectivity index (χ4v) is 3.20. The number of ether oxygens (including phenoxy) is 2. The molecule has 0 atom stereocenters. The van der Waals surface area contributed by atoms with Crippen molar-refractivity contribution in [2.75, 3.05) is 13.7 Å². The van der Waals surface area contributed by atoms with E-state index < -0.39 is 11.2 Å². The first-order valence-corrected chi connectivity index (χ1v) is 9.32. The van der Waals surface area contributed by atoms with Gasteiger partial charge in [0.25, 0.3) is 0 Å². The lowest BCUT2D eigenvalue weighted by molar-refractivity contribution is 0.0689. The summed E-state index contributed by atoms with van der Waals surface area (Å²) in [4.78, 5) is 11.8. The SMILES string of the molecule is COc1c2ccoc2c(OC/C=C(\C)CCCC(C)(C)O)c2oc(=O)ccc12. The Labute approximate surface area is 163 Å². The van der Waals surface area contributed by atoms with E-state index >= 15 is 0 Å². The number of hydrogen-bond acceptors (Lipinski definition) is 6. The molecule has 0 radical (unpaired) electrons. The molecular weight excluding hydrogens is 360 g/mol. The van der Waals surface area contributed by atoms with E-state index in [4.69, 9.17) is 18.3 Å². The molecule has 3 rings (SSSR count). The van der Waals surface area contributed by atoms with Gasteiger partial charge in [0.2, 0.25) is 5.75 Å². The zero-order valence-corrected chi connectivity index (χ0v) is 16.7. The Balaban J connectivity index is 1.86. The molecule has 2 aromatic heterocycles. The van der Waals surface area contributed by atoms with E-state index in [-0.39, 0.29) is 0 Å². The van der Waals surface area contributed by atoms with Gasteiger partial charge in [0.1, 0.15) is 12.4 Å². The number of aliphatic hydroxyl groups is 1. The van der Waals surface area contributed by atoms with Crippen molar-refractivity contribution >= 4 is 21.9 Å². The highest BCUT2D eigenvalue weighted by molar-refractivity contribution is 6.06. The molecule has 0 aliphatic heterocycles. The maximum Gasteiger partial charge on any atom is 0.336 e. The normalized spacial score (nSPS) is 12.7. The number of hydrogen-bond donors (Lipinski definition) is 1. The van der Waals surface area contributed by atoms with Gasteiger partial charge in [-0.3, -0.25) is 0 Å². The van der Waals surface area contributed by atoms with Gasteiger partial charge >= 0.3 is 5.63 Å². The first-order valence-electron chi connectivity index (χ1n) is 9.32. The van der Waals surface area contributed by atoms with Crippen LogP contribution in [0.4, 0.5) is 0 Å². The molecule has 28 heavy (non-hydrogen) atoms. The van der Waals surface area contributed by atoms with Crippen molar-refractivity contribution in [1.29, 1.82) is 0 Å². The molecule has 0 bridgehead atoms. The van der Waals surface area contributed by atoms with Crippen molar-refractivity contribution in [1.82, 2.24) is 0 Å². The lowest BCUT2D eigenvalue weighted by atomic mass is 9.99. The largest absolute Gasteiger partial charge is 0.495 e. The van der Waals surface area contributed by atoms with Crippen LogP contribution in [0.2, 0.25) is 0 Å². The van der Waals surface area contributed by atoms with Gasteiger partial charge < -0.3 is 23.4 Å². The lowest BCUT2D eigenvalue weighted by Gasteiger charge is -2.16. The van der Waals surface area contributed by atoms with E-state index in [0.717, 1.165) is 24.6 Å². The van der Waals surface area contributed by atoms with Gasteiger partial charge in [-0.25, -0.2) is 4.79 Å². The fraction of sp³-hybridized carbons (Fsp3) is 0.409. The molecule has 0 aliphatic carbocycles. The summed E-state index contributed by atoms with van der Waals surface area (Å²) < 4.78 is 22.4. The maximum atomic E-state index is 11.8. The first-order chi connectivity index (χ1) is 13.3. The van der Waals surface area contributed by atoms with E-state index in [1.54, 1.807) is 25.5 Å². The summed E-state index contributed by atoms with van der Waals surface area (Å²) in [5.74, 6) is 0.960. The number of fused-ring (bicyclic) bond motifs is 2. The van der Waals surface area contributed by atoms with Gasteiger partial charge in [0.15, 0.2) is 11.2 Å². The second-order valence-corrected chi connectivity index (χ2v) is 7.55. The van der Waals surface area contributed by atoms with Crippen LogP contribution in [0.25, 0.3) is 21.9 Å². The summed E-state index contributed by atoms with van der Waals surface area (Å²) in [5, 5.41) is 11.2. The minimum atomic E-state index is -0.652. The van der Waals surface area contributed by atoms with Crippen molar-refractivity contribution in [2.24, 2.45) is 0 Å². The van der Waals surface area contributed by atoms with Crippen molar-refractivity contribution in [3.63, 3.8) is 0 Å². The van der Waals surface area contributed by atoms with Gasteiger partial charge in [-0.1, -0.05) is 5.57 Å². The van der Waals surface area contributed by atoms with Crippen LogP contribution in [0, 0.1) is 0 Å². The van der Waals surface area contributed by atoms with E-state index in [9.17, 15) is 9.90 Å². The summed E-state index contributed by atoms with van der Waals surface area (Å²) in [5.41, 5.74) is 0.829. The Hall–Kier alpha value is -2.73. The molecular formula is C22H26O6. The van der Waals surface area contributed by atoms with Gasteiger partial charge in [-0.15, -0.1) is 0 Å². The quantitative estimate of drug-likeness (QED) is 0.442. The van der Waals surface area contributed by atoms with E-state index in [0.29, 0.717) is 34.7 Å². The highest BCUT2D eigenvalue weighted by atomic mass is 16.5. The zero-order chi connectivity index (χ0) is 20.3. The summed E-state index contributed by atoms with van der Waals surface area (Å²) in [6.07, 6.45) is 6.04. The van der Waals surface area contributed by atoms with Crippen LogP contribution in [-0.2, 0) is 0 Å². The average molecular weight is 386 g/mol. The minimum absolute atomic E-state index is 0.305. The zero-order valence-electron chi connectivity index (χ0n) is 16.7. The molecule has 6 nitrogen and oxygen atoms in total. The topological polar surface area (TPSA) is 82.0 Å². The number of benzene rings is 1. The number of allylic oxidation sites excluding steroid dienone is 1. The van der Waals surface area contributed by atoms with E-state index in [1.807, 2.05) is 26.8 Å². The predicted octanol–water partition coefficient (Wildman–Crippen LogP) is 4.81. The minimum Gasteiger partial charge on any atom is -0.495 e. The Bertz CT molecular complexity index is 1050. The highest BCUT2D eigenvalue weighted by Gasteiger charge is 2.20. The van der Waals surface area contributed by atoms with Crippen LogP contribution in [-0.4, -0.2) is 24.4 Å². The van der Waals surface area contributed by atoms with Gasteiger partial charge in [0.05, 0.1) is 29.7 Å². The third-order valence-electron chi connectivity index (χ3n) is 4.62. The highest BCUT2D eigenvalue weighted by Crippen LogP contribution is 2.42. The van der Waals surface area contributed by atoms with Crippen LogP contribution in [0.15, 0.2) is 49.7 Å². The summed E-state index contributed by atoms with van der Waals surface area (Å²) >= 11 is 0. The molecule has 0 fully saturated rings. The molecule has 0 spiro atoms. The maximum absolute atomic E-state index is 11.8. The van der Waals surface area contributed by atoms with Crippen molar-refractivity contribution in [2.45, 2.75) is 45.6 Å². The fourth-order valence-electron chi connectivity index (χ4n) is 3.20. The summed E-state index contributed by atoms with van der Waals surface area (Å²) in [6.45, 7) is 5.96. The molecule has 0 saturated heterocycles. The average Bonchev–Trinajstić information content (AvgIpc) is 3.09. The Kier molecular flexibility index (Phi) is 5.79. The van der Waals surface area contributed by atoms with Crippen LogP contribution in [0.5, 0.6) is 11.5 Å². The number of furan rings is 1. The van der Waals surface area contributed by atoms with E-state index in [1.165, 1.54) is 11.6 Å².